The molecule has 11 nitrogen and oxygen atoms in total. The Morgan fingerprint density at radius 2 is 1.95 bits per heavy atom. The summed E-state index contributed by atoms with van der Waals surface area (Å²) < 4.78 is 1.45. The SMILES string of the molecule is Cc1ccc(CN(CCO)C(=O)c2cn(-c3ccc4c(c3)CN(C3CCC(=O)NC3=O)C4=O)nn2)cc1. The van der Waals surface area contributed by atoms with Gasteiger partial charge in [0.1, 0.15) is 6.04 Å². The van der Waals surface area contributed by atoms with Gasteiger partial charge in [-0.25, -0.2) is 4.68 Å². The Hall–Kier alpha value is -4.38. The van der Waals surface area contributed by atoms with Crippen molar-refractivity contribution >= 4 is 23.6 Å². The van der Waals surface area contributed by atoms with Crippen LogP contribution in [-0.2, 0) is 22.7 Å². The van der Waals surface area contributed by atoms with Crippen molar-refractivity contribution in [3.8, 4) is 5.69 Å². The Morgan fingerprint density at radius 1 is 1.16 bits per heavy atom. The van der Waals surface area contributed by atoms with Gasteiger partial charge >= 0.3 is 0 Å². The zero-order chi connectivity index (χ0) is 26.1. The highest BCUT2D eigenvalue weighted by atomic mass is 16.3. The number of piperidine rings is 1. The summed E-state index contributed by atoms with van der Waals surface area (Å²) in [6.45, 7) is 2.50. The summed E-state index contributed by atoms with van der Waals surface area (Å²) in [5, 5.41) is 19.9. The number of hydrogen-bond donors (Lipinski definition) is 2. The van der Waals surface area contributed by atoms with Crippen molar-refractivity contribution in [1.29, 1.82) is 0 Å². The minimum atomic E-state index is -0.692. The molecule has 3 heterocycles. The molecular weight excluding hydrogens is 476 g/mol. The van der Waals surface area contributed by atoms with E-state index in [4.69, 9.17) is 0 Å². The van der Waals surface area contributed by atoms with E-state index in [1.165, 1.54) is 20.7 Å². The molecule has 1 unspecified atom stereocenters. The summed E-state index contributed by atoms with van der Waals surface area (Å²) >= 11 is 0. The van der Waals surface area contributed by atoms with Gasteiger partial charge in [0.25, 0.3) is 11.8 Å². The maximum atomic E-state index is 13.1. The lowest BCUT2D eigenvalue weighted by molar-refractivity contribution is -0.136. The first kappa shape index (κ1) is 24.3. The standard InChI is InChI=1S/C26H26N6O5/c1-16-2-4-17(5-3-16)13-30(10-11-33)26(37)21-15-32(29-28-21)19-6-7-20-18(12-19)14-31(25(20)36)22-8-9-23(34)27-24(22)35/h2-7,12,15,22,33H,8-11,13-14H2,1H3,(H,27,34,35). The normalized spacial score (nSPS) is 17.1. The molecule has 2 aromatic carbocycles. The van der Waals surface area contributed by atoms with Crippen LogP contribution in [0, 0.1) is 6.92 Å². The number of imide groups is 1. The first-order valence-corrected chi connectivity index (χ1v) is 12.0. The number of carbonyl (C=O) groups excluding carboxylic acids is 4. The van der Waals surface area contributed by atoms with E-state index >= 15 is 0 Å². The van der Waals surface area contributed by atoms with Crippen LogP contribution in [0.25, 0.3) is 5.69 Å². The fraction of sp³-hybridized carbons (Fsp3) is 0.308. The van der Waals surface area contributed by atoms with Crippen LogP contribution < -0.4 is 5.32 Å². The molecule has 190 valence electrons. The first-order valence-electron chi connectivity index (χ1n) is 12.0. The van der Waals surface area contributed by atoms with E-state index in [-0.39, 0.29) is 49.5 Å². The lowest BCUT2D eigenvalue weighted by atomic mass is 10.0. The Morgan fingerprint density at radius 3 is 2.68 bits per heavy atom. The summed E-state index contributed by atoms with van der Waals surface area (Å²) in [4.78, 5) is 52.8. The van der Waals surface area contributed by atoms with Crippen LogP contribution >= 0.6 is 0 Å². The van der Waals surface area contributed by atoms with E-state index in [1.54, 1.807) is 18.2 Å². The van der Waals surface area contributed by atoms with Crippen LogP contribution in [-0.4, -0.2) is 72.7 Å². The third-order valence-corrected chi connectivity index (χ3v) is 6.64. The first-order chi connectivity index (χ1) is 17.8. The smallest absolute Gasteiger partial charge is 0.276 e. The molecule has 1 atom stereocenters. The fourth-order valence-electron chi connectivity index (χ4n) is 4.64. The van der Waals surface area contributed by atoms with Gasteiger partial charge < -0.3 is 14.9 Å². The zero-order valence-corrected chi connectivity index (χ0v) is 20.3. The number of aromatic nitrogens is 3. The monoisotopic (exact) mass is 502 g/mol. The van der Waals surface area contributed by atoms with Crippen LogP contribution in [0.4, 0.5) is 0 Å². The number of aliphatic hydroxyl groups excluding tert-OH is 1. The molecule has 2 aliphatic rings. The maximum absolute atomic E-state index is 13.1. The van der Waals surface area contributed by atoms with Crippen molar-refractivity contribution in [3.63, 3.8) is 0 Å². The Bertz CT molecular complexity index is 1380. The number of nitrogens with one attached hydrogen (secondary N) is 1. The minimum absolute atomic E-state index is 0.127. The summed E-state index contributed by atoms with van der Waals surface area (Å²) in [5.74, 6) is -1.42. The van der Waals surface area contributed by atoms with E-state index in [1.807, 2.05) is 31.2 Å². The van der Waals surface area contributed by atoms with Gasteiger partial charge in [-0.1, -0.05) is 35.0 Å². The summed E-state index contributed by atoms with van der Waals surface area (Å²) in [5.41, 5.74) is 3.98. The second-order valence-electron chi connectivity index (χ2n) is 9.23. The maximum Gasteiger partial charge on any atom is 0.276 e. The Labute approximate surface area is 212 Å². The van der Waals surface area contributed by atoms with Gasteiger partial charge in [-0.15, -0.1) is 5.10 Å². The molecule has 0 bridgehead atoms. The van der Waals surface area contributed by atoms with Crippen molar-refractivity contribution < 1.29 is 24.3 Å². The molecule has 0 radical (unpaired) electrons. The van der Waals surface area contributed by atoms with E-state index in [2.05, 4.69) is 15.6 Å². The molecule has 4 amide bonds. The molecule has 0 aliphatic carbocycles. The second-order valence-corrected chi connectivity index (χ2v) is 9.23. The van der Waals surface area contributed by atoms with Crippen molar-refractivity contribution in [1.82, 2.24) is 30.1 Å². The zero-order valence-electron chi connectivity index (χ0n) is 20.3. The highest BCUT2D eigenvalue weighted by Crippen LogP contribution is 2.29. The molecule has 11 heteroatoms. The molecule has 0 saturated carbocycles. The van der Waals surface area contributed by atoms with Crippen molar-refractivity contribution in [3.05, 3.63) is 76.6 Å². The lowest BCUT2D eigenvalue weighted by Crippen LogP contribution is -2.52. The van der Waals surface area contributed by atoms with Crippen LogP contribution in [0.2, 0.25) is 0 Å². The number of rotatable bonds is 7. The third-order valence-electron chi connectivity index (χ3n) is 6.64. The number of nitrogens with zero attached hydrogens (tertiary/aromatic N) is 5. The number of aryl methyl sites for hydroxylation is 1. The highest BCUT2D eigenvalue weighted by Gasteiger charge is 2.39. The number of aliphatic hydroxyl groups is 1. The van der Waals surface area contributed by atoms with Gasteiger partial charge in [-0.2, -0.15) is 0 Å². The molecule has 3 aromatic rings. The van der Waals surface area contributed by atoms with E-state index < -0.39 is 11.9 Å². The van der Waals surface area contributed by atoms with Gasteiger partial charge in [-0.05, 0) is 42.7 Å². The third kappa shape index (κ3) is 4.85. The molecule has 1 saturated heterocycles. The van der Waals surface area contributed by atoms with Gasteiger partial charge in [-0.3, -0.25) is 24.5 Å². The van der Waals surface area contributed by atoms with Crippen molar-refractivity contribution in [2.75, 3.05) is 13.2 Å². The van der Waals surface area contributed by atoms with E-state index in [0.717, 1.165) is 16.7 Å². The largest absolute Gasteiger partial charge is 0.395 e. The molecular formula is C26H26N6O5. The summed E-state index contributed by atoms with van der Waals surface area (Å²) in [6.07, 6.45) is 1.99. The number of carbonyl (C=O) groups is 4. The van der Waals surface area contributed by atoms with Gasteiger partial charge in [0.15, 0.2) is 5.69 Å². The lowest BCUT2D eigenvalue weighted by Gasteiger charge is -2.29. The molecule has 1 aromatic heterocycles. The highest BCUT2D eigenvalue weighted by molar-refractivity contribution is 6.05. The van der Waals surface area contributed by atoms with Crippen LogP contribution in [0.1, 0.15) is 50.4 Å². The number of fused-ring (bicyclic) bond motifs is 1. The quantitative estimate of drug-likeness (QED) is 0.459. The van der Waals surface area contributed by atoms with Gasteiger partial charge in [0.2, 0.25) is 11.8 Å². The van der Waals surface area contributed by atoms with Crippen LogP contribution in [0.15, 0.2) is 48.7 Å². The predicted octanol–water partition coefficient (Wildman–Crippen LogP) is 0.971. The van der Waals surface area contributed by atoms with Gasteiger partial charge in [0, 0.05) is 31.6 Å². The molecule has 37 heavy (non-hydrogen) atoms. The molecule has 1 fully saturated rings. The van der Waals surface area contributed by atoms with E-state index in [9.17, 15) is 24.3 Å². The second kappa shape index (κ2) is 9.94. The molecule has 2 aliphatic heterocycles. The molecule has 2 N–H and O–H groups in total. The number of hydrogen-bond acceptors (Lipinski definition) is 7. The summed E-state index contributed by atoms with van der Waals surface area (Å²) in [6, 6.07) is 12.3. The van der Waals surface area contributed by atoms with Crippen molar-refractivity contribution in [2.24, 2.45) is 0 Å². The average molecular weight is 503 g/mol. The van der Waals surface area contributed by atoms with Crippen molar-refractivity contribution in [2.45, 2.75) is 38.9 Å². The predicted molar refractivity (Wildman–Crippen MR) is 130 cm³/mol. The molecule has 0 spiro atoms. The fourth-order valence-corrected chi connectivity index (χ4v) is 4.64. The van der Waals surface area contributed by atoms with Crippen LogP contribution in [0.3, 0.4) is 0 Å². The molecule has 5 rings (SSSR count). The Balaban J connectivity index is 1.33. The average Bonchev–Trinajstić information content (AvgIpc) is 3.50. The summed E-state index contributed by atoms with van der Waals surface area (Å²) in [7, 11) is 0. The number of benzene rings is 2. The minimum Gasteiger partial charge on any atom is -0.395 e. The number of amides is 4. The van der Waals surface area contributed by atoms with E-state index in [0.29, 0.717) is 24.2 Å². The Kier molecular flexibility index (Phi) is 6.53. The van der Waals surface area contributed by atoms with Crippen LogP contribution in [0.5, 0.6) is 0 Å². The topological polar surface area (TPSA) is 138 Å². The van der Waals surface area contributed by atoms with Gasteiger partial charge in [0.05, 0.1) is 18.5 Å².